The van der Waals surface area contributed by atoms with Gasteiger partial charge in [-0.2, -0.15) is 4.31 Å². The number of fused-ring (bicyclic) bond motifs is 2. The fourth-order valence-corrected chi connectivity index (χ4v) is 6.84. The molecule has 3 aliphatic rings. The van der Waals surface area contributed by atoms with Gasteiger partial charge in [-0.15, -0.1) is 0 Å². The summed E-state index contributed by atoms with van der Waals surface area (Å²) in [5.74, 6) is -1.13. The van der Waals surface area contributed by atoms with Gasteiger partial charge in [-0.3, -0.25) is 14.5 Å². The molecule has 1 spiro atoms. The number of aryl methyl sites for hydroxylation is 1. The number of benzene rings is 2. The number of nitrogens with zero attached hydrogens (tertiary/aromatic N) is 2. The molecule has 1 aliphatic carbocycles. The maximum atomic E-state index is 13.4. The Labute approximate surface area is 208 Å². The molecule has 2 aliphatic heterocycles. The fraction of sp³-hybridized carbons (Fsp3) is 0.375. The van der Waals surface area contributed by atoms with Crippen LogP contribution in [0.25, 0.3) is 0 Å². The second-order valence-corrected chi connectivity index (χ2v) is 11.4. The Balaban J connectivity index is 1.34. The van der Waals surface area contributed by atoms with Gasteiger partial charge in [-0.1, -0.05) is 35.9 Å². The fourth-order valence-electron chi connectivity index (χ4n) is 5.13. The number of amides is 4. The molecule has 35 heavy (non-hydrogen) atoms. The van der Waals surface area contributed by atoms with Gasteiger partial charge in [0, 0.05) is 13.1 Å². The van der Waals surface area contributed by atoms with Gasteiger partial charge in [0.2, 0.25) is 15.9 Å². The van der Waals surface area contributed by atoms with E-state index in [9.17, 15) is 22.8 Å². The van der Waals surface area contributed by atoms with Crippen molar-refractivity contribution in [2.45, 2.75) is 42.5 Å². The monoisotopic (exact) mass is 516 g/mol. The van der Waals surface area contributed by atoms with E-state index in [-0.39, 0.29) is 15.6 Å². The van der Waals surface area contributed by atoms with Crippen LogP contribution in [0.4, 0.5) is 10.5 Å². The van der Waals surface area contributed by atoms with Gasteiger partial charge in [-0.25, -0.2) is 13.2 Å². The Morgan fingerprint density at radius 2 is 1.83 bits per heavy atom. The highest BCUT2D eigenvalue weighted by Gasteiger charge is 2.54. The first kappa shape index (κ1) is 23.8. The second-order valence-electron chi connectivity index (χ2n) is 9.04. The molecule has 1 unspecified atom stereocenters. The number of sulfonamides is 1. The van der Waals surface area contributed by atoms with E-state index in [4.69, 9.17) is 11.6 Å². The van der Waals surface area contributed by atoms with Gasteiger partial charge in [0.05, 0.1) is 15.6 Å². The van der Waals surface area contributed by atoms with Crippen molar-refractivity contribution in [3.63, 3.8) is 0 Å². The lowest BCUT2D eigenvalue weighted by molar-refractivity contribution is -0.134. The van der Waals surface area contributed by atoms with E-state index in [1.54, 1.807) is 0 Å². The van der Waals surface area contributed by atoms with E-state index >= 15 is 0 Å². The van der Waals surface area contributed by atoms with Crippen LogP contribution in [0.2, 0.25) is 5.02 Å². The lowest BCUT2D eigenvalue weighted by Crippen LogP contribution is -2.47. The summed E-state index contributed by atoms with van der Waals surface area (Å²) in [5.41, 5.74) is 0.687. The van der Waals surface area contributed by atoms with Gasteiger partial charge >= 0.3 is 6.03 Å². The van der Waals surface area contributed by atoms with Crippen LogP contribution in [0.1, 0.15) is 36.8 Å². The van der Waals surface area contributed by atoms with E-state index in [0.29, 0.717) is 19.5 Å². The highest BCUT2D eigenvalue weighted by Crippen LogP contribution is 2.40. The molecule has 9 nitrogen and oxygen atoms in total. The van der Waals surface area contributed by atoms with Crippen LogP contribution in [0.5, 0.6) is 0 Å². The molecule has 1 atom stereocenters. The molecule has 184 valence electrons. The first-order valence-corrected chi connectivity index (χ1v) is 13.4. The molecule has 0 bridgehead atoms. The summed E-state index contributed by atoms with van der Waals surface area (Å²) in [5, 5.41) is 5.52. The molecule has 0 saturated carbocycles. The third-order valence-electron chi connectivity index (χ3n) is 6.87. The van der Waals surface area contributed by atoms with Gasteiger partial charge in [0.1, 0.15) is 12.1 Å². The number of carbonyl (C=O) groups excluding carboxylic acids is 3. The molecule has 2 fully saturated rings. The average Bonchev–Trinajstić information content (AvgIpc) is 3.46. The number of hydrogen-bond donors (Lipinski definition) is 2. The summed E-state index contributed by atoms with van der Waals surface area (Å²) in [6, 6.07) is 11.0. The van der Waals surface area contributed by atoms with Crippen molar-refractivity contribution in [2.75, 3.05) is 25.0 Å². The van der Waals surface area contributed by atoms with E-state index in [1.807, 2.05) is 24.3 Å². The average molecular weight is 517 g/mol. The number of hydrogen-bond acceptors (Lipinski definition) is 5. The standard InChI is InChI=1S/C24H25ClN4O5S/c25-19-10-9-17(35(33,34)28-12-3-4-13-28)14-20(19)26-21(30)15-29-22(31)24(27-23(29)32)11-5-7-16-6-1-2-8-18(16)24/h1-2,6,8-10,14H,3-5,7,11-13,15H2,(H,26,30)(H,27,32). The number of carbonyl (C=O) groups is 3. The van der Waals surface area contributed by atoms with Crippen LogP contribution in [0.15, 0.2) is 47.4 Å². The molecule has 2 saturated heterocycles. The lowest BCUT2D eigenvalue weighted by Gasteiger charge is -2.33. The Morgan fingerprint density at radius 1 is 1.09 bits per heavy atom. The van der Waals surface area contributed by atoms with Gasteiger partial charge < -0.3 is 10.6 Å². The Kier molecular flexibility index (Phi) is 6.06. The minimum absolute atomic E-state index is 0.0202. The molecule has 2 aromatic carbocycles. The molecule has 5 rings (SSSR count). The van der Waals surface area contributed by atoms with Gasteiger partial charge in [0.15, 0.2) is 0 Å². The van der Waals surface area contributed by atoms with Crippen LogP contribution in [-0.2, 0) is 31.6 Å². The second kappa shape index (κ2) is 8.92. The highest BCUT2D eigenvalue weighted by atomic mass is 35.5. The molecular weight excluding hydrogens is 492 g/mol. The van der Waals surface area contributed by atoms with E-state index < -0.39 is 40.0 Å². The predicted molar refractivity (Wildman–Crippen MR) is 129 cm³/mol. The molecule has 2 heterocycles. The summed E-state index contributed by atoms with van der Waals surface area (Å²) in [6.07, 6.45) is 3.60. The Hall–Kier alpha value is -2.95. The maximum absolute atomic E-state index is 13.4. The van der Waals surface area contributed by atoms with Crippen LogP contribution in [-0.4, -0.2) is 55.1 Å². The van der Waals surface area contributed by atoms with Crippen molar-refractivity contribution in [3.05, 3.63) is 58.6 Å². The van der Waals surface area contributed by atoms with E-state index in [1.165, 1.54) is 22.5 Å². The SMILES string of the molecule is O=C(CN1C(=O)NC2(CCCc3ccccc32)C1=O)Nc1cc(S(=O)(=O)N2CCCC2)ccc1Cl. The van der Waals surface area contributed by atoms with E-state index in [0.717, 1.165) is 41.7 Å². The van der Waals surface area contributed by atoms with Crippen LogP contribution in [0, 0.1) is 0 Å². The molecule has 2 N–H and O–H groups in total. The molecule has 4 amide bonds. The first-order valence-electron chi connectivity index (χ1n) is 11.5. The quantitative estimate of drug-likeness (QED) is 0.593. The number of nitrogens with one attached hydrogen (secondary N) is 2. The minimum Gasteiger partial charge on any atom is -0.323 e. The van der Waals surface area contributed by atoms with Crippen molar-refractivity contribution < 1.29 is 22.8 Å². The Morgan fingerprint density at radius 3 is 2.60 bits per heavy atom. The Bertz CT molecular complexity index is 1320. The maximum Gasteiger partial charge on any atom is 0.325 e. The number of rotatable bonds is 5. The summed E-state index contributed by atoms with van der Waals surface area (Å²) >= 11 is 6.21. The summed E-state index contributed by atoms with van der Waals surface area (Å²) in [4.78, 5) is 39.9. The van der Waals surface area contributed by atoms with Crippen molar-refractivity contribution in [2.24, 2.45) is 0 Å². The number of urea groups is 1. The van der Waals surface area contributed by atoms with Crippen molar-refractivity contribution >= 4 is 45.2 Å². The van der Waals surface area contributed by atoms with Gasteiger partial charge in [-0.05, 0) is 61.4 Å². The first-order chi connectivity index (χ1) is 16.7. The molecular formula is C24H25ClN4O5S. The summed E-state index contributed by atoms with van der Waals surface area (Å²) < 4.78 is 27.2. The zero-order chi connectivity index (χ0) is 24.8. The number of anilines is 1. The van der Waals surface area contributed by atoms with Crippen LogP contribution < -0.4 is 10.6 Å². The number of halogens is 1. The van der Waals surface area contributed by atoms with Crippen LogP contribution >= 0.6 is 11.6 Å². The predicted octanol–water partition coefficient (Wildman–Crippen LogP) is 2.85. The van der Waals surface area contributed by atoms with Crippen molar-refractivity contribution in [1.82, 2.24) is 14.5 Å². The zero-order valence-electron chi connectivity index (χ0n) is 18.9. The highest BCUT2D eigenvalue weighted by molar-refractivity contribution is 7.89. The smallest absolute Gasteiger partial charge is 0.323 e. The molecule has 0 aromatic heterocycles. The van der Waals surface area contributed by atoms with Crippen LogP contribution in [0.3, 0.4) is 0 Å². The number of imide groups is 1. The van der Waals surface area contributed by atoms with Crippen molar-refractivity contribution in [1.29, 1.82) is 0 Å². The molecule has 2 aromatic rings. The third-order valence-corrected chi connectivity index (χ3v) is 9.09. The lowest BCUT2D eigenvalue weighted by atomic mass is 9.76. The summed E-state index contributed by atoms with van der Waals surface area (Å²) in [7, 11) is -3.71. The van der Waals surface area contributed by atoms with Gasteiger partial charge in [0.25, 0.3) is 5.91 Å². The van der Waals surface area contributed by atoms with E-state index in [2.05, 4.69) is 10.6 Å². The zero-order valence-corrected chi connectivity index (χ0v) is 20.5. The molecule has 11 heteroatoms. The topological polar surface area (TPSA) is 116 Å². The largest absolute Gasteiger partial charge is 0.325 e. The normalized spacial score (nSPS) is 22.4. The minimum atomic E-state index is -3.71. The van der Waals surface area contributed by atoms with Crippen molar-refractivity contribution in [3.8, 4) is 0 Å². The molecule has 0 radical (unpaired) electrons. The third kappa shape index (κ3) is 4.09. The summed E-state index contributed by atoms with van der Waals surface area (Å²) in [6.45, 7) is 0.376.